The SMILES string of the molecule is CSC1(Cn2c(CCCl)nc3cc(C)ccc32)CCCC1. The maximum atomic E-state index is 5.99. The summed E-state index contributed by atoms with van der Waals surface area (Å²) in [6.07, 6.45) is 8.46. The summed E-state index contributed by atoms with van der Waals surface area (Å²) in [5.74, 6) is 1.78. The van der Waals surface area contributed by atoms with Crippen LogP contribution in [0.1, 0.15) is 37.1 Å². The fourth-order valence-electron chi connectivity index (χ4n) is 3.48. The van der Waals surface area contributed by atoms with Crippen molar-refractivity contribution >= 4 is 34.4 Å². The van der Waals surface area contributed by atoms with Crippen LogP contribution in [0.3, 0.4) is 0 Å². The molecule has 1 fully saturated rings. The molecule has 3 rings (SSSR count). The molecular formula is C17H23ClN2S. The van der Waals surface area contributed by atoms with Crippen LogP contribution in [-0.4, -0.2) is 26.4 Å². The molecule has 0 bridgehead atoms. The largest absolute Gasteiger partial charge is 0.327 e. The van der Waals surface area contributed by atoms with Gasteiger partial charge in [-0.3, -0.25) is 0 Å². The molecule has 0 saturated heterocycles. The Bertz CT molecular complexity index is 629. The van der Waals surface area contributed by atoms with Crippen molar-refractivity contribution in [2.75, 3.05) is 12.1 Å². The van der Waals surface area contributed by atoms with Gasteiger partial charge in [0.05, 0.1) is 11.0 Å². The van der Waals surface area contributed by atoms with Gasteiger partial charge in [0.15, 0.2) is 0 Å². The van der Waals surface area contributed by atoms with Crippen molar-refractivity contribution in [3.8, 4) is 0 Å². The highest BCUT2D eigenvalue weighted by Gasteiger charge is 2.34. The molecule has 1 heterocycles. The van der Waals surface area contributed by atoms with Crippen molar-refractivity contribution in [1.29, 1.82) is 0 Å². The summed E-state index contributed by atoms with van der Waals surface area (Å²) in [6.45, 7) is 3.19. The number of halogens is 1. The van der Waals surface area contributed by atoms with Gasteiger partial charge in [-0.25, -0.2) is 4.98 Å². The summed E-state index contributed by atoms with van der Waals surface area (Å²) in [6, 6.07) is 6.59. The first-order chi connectivity index (χ1) is 10.2. The van der Waals surface area contributed by atoms with Gasteiger partial charge in [-0.2, -0.15) is 11.8 Å². The van der Waals surface area contributed by atoms with Gasteiger partial charge in [0.1, 0.15) is 5.82 Å². The second-order valence-corrected chi connectivity index (χ2v) is 7.79. The van der Waals surface area contributed by atoms with E-state index in [-0.39, 0.29) is 0 Å². The van der Waals surface area contributed by atoms with Crippen LogP contribution in [-0.2, 0) is 13.0 Å². The summed E-state index contributed by atoms with van der Waals surface area (Å²) in [4.78, 5) is 4.84. The number of fused-ring (bicyclic) bond motifs is 1. The lowest BCUT2D eigenvalue weighted by Crippen LogP contribution is -2.27. The van der Waals surface area contributed by atoms with Crippen molar-refractivity contribution in [2.45, 2.75) is 50.3 Å². The van der Waals surface area contributed by atoms with E-state index in [4.69, 9.17) is 16.6 Å². The van der Waals surface area contributed by atoms with E-state index in [9.17, 15) is 0 Å². The minimum Gasteiger partial charge on any atom is -0.327 e. The number of benzene rings is 1. The number of thioether (sulfide) groups is 1. The zero-order valence-corrected chi connectivity index (χ0v) is 14.4. The fraction of sp³-hybridized carbons (Fsp3) is 0.588. The first kappa shape index (κ1) is 15.2. The molecule has 0 unspecified atom stereocenters. The van der Waals surface area contributed by atoms with Gasteiger partial charge in [0, 0.05) is 23.6 Å². The Morgan fingerprint density at radius 2 is 2.10 bits per heavy atom. The maximum absolute atomic E-state index is 5.99. The molecule has 0 aliphatic heterocycles. The standard InChI is InChI=1S/C17H23ClN2S/c1-13-5-6-15-14(11-13)19-16(7-10-18)20(15)12-17(21-2)8-3-4-9-17/h5-6,11H,3-4,7-10,12H2,1-2H3. The highest BCUT2D eigenvalue weighted by molar-refractivity contribution is 8.00. The van der Waals surface area contributed by atoms with Crippen LogP contribution in [0.25, 0.3) is 11.0 Å². The third-order valence-corrected chi connectivity index (χ3v) is 6.29. The number of hydrogen-bond donors (Lipinski definition) is 0. The van der Waals surface area contributed by atoms with E-state index in [0.29, 0.717) is 10.6 Å². The van der Waals surface area contributed by atoms with Crippen LogP contribution >= 0.6 is 23.4 Å². The Morgan fingerprint density at radius 1 is 1.33 bits per heavy atom. The highest BCUT2D eigenvalue weighted by atomic mass is 35.5. The van der Waals surface area contributed by atoms with Crippen molar-refractivity contribution in [3.05, 3.63) is 29.6 Å². The molecule has 114 valence electrons. The maximum Gasteiger partial charge on any atom is 0.111 e. The molecule has 0 amide bonds. The van der Waals surface area contributed by atoms with E-state index in [2.05, 4.69) is 35.9 Å². The van der Waals surface area contributed by atoms with Gasteiger partial charge in [-0.1, -0.05) is 18.9 Å². The quantitative estimate of drug-likeness (QED) is 0.736. The molecule has 1 aromatic carbocycles. The number of aryl methyl sites for hydroxylation is 2. The average Bonchev–Trinajstić information content (AvgIpc) is 3.06. The monoisotopic (exact) mass is 322 g/mol. The third-order valence-electron chi connectivity index (χ3n) is 4.69. The predicted molar refractivity (Wildman–Crippen MR) is 93.6 cm³/mol. The molecule has 0 radical (unpaired) electrons. The molecule has 1 aliphatic rings. The Kier molecular flexibility index (Phi) is 4.51. The number of rotatable bonds is 5. The summed E-state index contributed by atoms with van der Waals surface area (Å²) < 4.78 is 2.82. The van der Waals surface area contributed by atoms with E-state index in [1.54, 1.807) is 0 Å². The zero-order chi connectivity index (χ0) is 14.9. The van der Waals surface area contributed by atoms with Crippen molar-refractivity contribution in [2.24, 2.45) is 0 Å². The van der Waals surface area contributed by atoms with Crippen molar-refractivity contribution in [1.82, 2.24) is 9.55 Å². The van der Waals surface area contributed by atoms with Crippen molar-refractivity contribution < 1.29 is 0 Å². The lowest BCUT2D eigenvalue weighted by atomic mass is 10.1. The molecule has 4 heteroatoms. The van der Waals surface area contributed by atoms with Crippen LogP contribution in [0.4, 0.5) is 0 Å². The molecule has 0 atom stereocenters. The molecule has 1 aromatic heterocycles. The first-order valence-corrected chi connectivity index (χ1v) is 9.50. The van der Waals surface area contributed by atoms with E-state index >= 15 is 0 Å². The highest BCUT2D eigenvalue weighted by Crippen LogP contribution is 2.42. The van der Waals surface area contributed by atoms with E-state index < -0.39 is 0 Å². The van der Waals surface area contributed by atoms with Gasteiger partial charge < -0.3 is 4.57 Å². The first-order valence-electron chi connectivity index (χ1n) is 7.74. The summed E-state index contributed by atoms with van der Waals surface area (Å²) in [5.41, 5.74) is 3.65. The number of aromatic nitrogens is 2. The smallest absolute Gasteiger partial charge is 0.111 e. The van der Waals surface area contributed by atoms with E-state index in [0.717, 1.165) is 24.3 Å². The minimum absolute atomic E-state index is 0.388. The predicted octanol–water partition coefficient (Wildman–Crippen LogP) is 4.80. The Balaban J connectivity index is 2.04. The van der Waals surface area contributed by atoms with Gasteiger partial charge in [0.25, 0.3) is 0 Å². The Morgan fingerprint density at radius 3 is 2.76 bits per heavy atom. The van der Waals surface area contributed by atoms with E-state index in [1.807, 2.05) is 11.8 Å². The van der Waals surface area contributed by atoms with Crippen LogP contribution in [0.5, 0.6) is 0 Å². The number of nitrogens with zero attached hydrogens (tertiary/aromatic N) is 2. The summed E-state index contributed by atoms with van der Waals surface area (Å²) in [5, 5.41) is 0. The number of imidazole rings is 1. The molecule has 1 saturated carbocycles. The lowest BCUT2D eigenvalue weighted by Gasteiger charge is -2.28. The molecule has 0 spiro atoms. The average molecular weight is 323 g/mol. The molecule has 2 nitrogen and oxygen atoms in total. The molecule has 0 N–H and O–H groups in total. The Labute approximate surface area is 136 Å². The number of alkyl halides is 1. The zero-order valence-electron chi connectivity index (χ0n) is 12.9. The summed E-state index contributed by atoms with van der Waals surface area (Å²) in [7, 11) is 0. The van der Waals surface area contributed by atoms with Crippen LogP contribution in [0.2, 0.25) is 0 Å². The van der Waals surface area contributed by atoms with Crippen LogP contribution in [0.15, 0.2) is 18.2 Å². The molecule has 21 heavy (non-hydrogen) atoms. The van der Waals surface area contributed by atoms with Crippen LogP contribution in [0, 0.1) is 6.92 Å². The van der Waals surface area contributed by atoms with Crippen molar-refractivity contribution in [3.63, 3.8) is 0 Å². The second-order valence-electron chi connectivity index (χ2n) is 6.14. The normalized spacial score (nSPS) is 17.7. The van der Waals surface area contributed by atoms with Crippen LogP contribution < -0.4 is 0 Å². The summed E-state index contributed by atoms with van der Waals surface area (Å²) >= 11 is 8.03. The van der Waals surface area contributed by atoms with Gasteiger partial charge in [-0.05, 0) is 43.7 Å². The second kappa shape index (κ2) is 6.21. The van der Waals surface area contributed by atoms with Gasteiger partial charge in [-0.15, -0.1) is 11.6 Å². The number of hydrogen-bond acceptors (Lipinski definition) is 2. The fourth-order valence-corrected chi connectivity index (χ4v) is 4.60. The third kappa shape index (κ3) is 2.95. The minimum atomic E-state index is 0.388. The lowest BCUT2D eigenvalue weighted by molar-refractivity contribution is 0.502. The molecular weight excluding hydrogens is 300 g/mol. The topological polar surface area (TPSA) is 17.8 Å². The molecule has 1 aliphatic carbocycles. The van der Waals surface area contributed by atoms with E-state index in [1.165, 1.54) is 36.8 Å². The van der Waals surface area contributed by atoms with Gasteiger partial charge in [0.2, 0.25) is 0 Å². The Hall–Kier alpha value is -0.670. The molecule has 2 aromatic rings. The van der Waals surface area contributed by atoms with Gasteiger partial charge >= 0.3 is 0 Å².